The van der Waals surface area contributed by atoms with E-state index in [4.69, 9.17) is 4.74 Å². The lowest BCUT2D eigenvalue weighted by molar-refractivity contribution is -0.157. The van der Waals surface area contributed by atoms with Gasteiger partial charge < -0.3 is 4.74 Å². The highest BCUT2D eigenvalue weighted by atomic mass is 16.5. The highest BCUT2D eigenvalue weighted by Gasteiger charge is 2.37. The van der Waals surface area contributed by atoms with Crippen LogP contribution in [-0.2, 0) is 9.53 Å². The molecule has 2 nitrogen and oxygen atoms in total. The van der Waals surface area contributed by atoms with E-state index in [0.717, 1.165) is 19.3 Å². The zero-order valence-corrected chi connectivity index (χ0v) is 11.9. The first-order valence-corrected chi connectivity index (χ1v) is 7.20. The summed E-state index contributed by atoms with van der Waals surface area (Å²) < 4.78 is 5.69. The molecule has 1 fully saturated rings. The van der Waals surface area contributed by atoms with E-state index in [0.29, 0.717) is 12.3 Å². The number of esters is 1. The maximum Gasteiger partial charge on any atom is 0.306 e. The molecule has 0 spiro atoms. The van der Waals surface area contributed by atoms with Crippen LogP contribution in [0.5, 0.6) is 0 Å². The number of hydrogen-bond donors (Lipinski definition) is 0. The van der Waals surface area contributed by atoms with Crippen molar-refractivity contribution < 1.29 is 9.53 Å². The Labute approximate surface area is 106 Å². The Morgan fingerprint density at radius 3 is 2.47 bits per heavy atom. The first-order chi connectivity index (χ1) is 8.01. The fraction of sp³-hybridized carbons (Fsp3) is 0.933. The molecule has 0 N–H and O–H groups in total. The van der Waals surface area contributed by atoms with Crippen molar-refractivity contribution in [3.05, 3.63) is 0 Å². The lowest BCUT2D eigenvalue weighted by atomic mass is 9.68. The Bertz CT molecular complexity index is 245. The van der Waals surface area contributed by atoms with Crippen molar-refractivity contribution in [3.63, 3.8) is 0 Å². The summed E-state index contributed by atoms with van der Waals surface area (Å²) in [5.41, 5.74) is 0.289. The van der Waals surface area contributed by atoms with Gasteiger partial charge in [0.15, 0.2) is 0 Å². The minimum absolute atomic E-state index is 0.00342. The molecule has 0 aromatic carbocycles. The molecule has 0 radical (unpaired) electrons. The van der Waals surface area contributed by atoms with Crippen molar-refractivity contribution in [2.45, 2.75) is 78.7 Å². The van der Waals surface area contributed by atoms with Gasteiger partial charge in [0, 0.05) is 12.3 Å². The average molecular weight is 240 g/mol. The summed E-state index contributed by atoms with van der Waals surface area (Å²) in [6.45, 7) is 8.88. The SMILES string of the molecule is CCCC(=O)OC1CCCCC1C(C)(C)CC. The van der Waals surface area contributed by atoms with Crippen molar-refractivity contribution >= 4 is 5.97 Å². The van der Waals surface area contributed by atoms with Gasteiger partial charge in [0.2, 0.25) is 0 Å². The van der Waals surface area contributed by atoms with Crippen molar-refractivity contribution in [2.24, 2.45) is 11.3 Å². The van der Waals surface area contributed by atoms with Gasteiger partial charge in [-0.05, 0) is 31.1 Å². The molecule has 2 unspecified atom stereocenters. The average Bonchev–Trinajstić information content (AvgIpc) is 2.30. The van der Waals surface area contributed by atoms with E-state index in [9.17, 15) is 4.79 Å². The van der Waals surface area contributed by atoms with Gasteiger partial charge in [0.1, 0.15) is 6.10 Å². The molecule has 0 saturated heterocycles. The summed E-state index contributed by atoms with van der Waals surface area (Å²) in [5.74, 6) is 0.540. The molecule has 2 heteroatoms. The molecule has 0 aromatic rings. The molecule has 0 heterocycles. The Kier molecular flexibility index (Phi) is 5.48. The summed E-state index contributed by atoms with van der Waals surface area (Å²) in [6, 6.07) is 0. The first kappa shape index (κ1) is 14.5. The smallest absolute Gasteiger partial charge is 0.306 e. The Hall–Kier alpha value is -0.530. The van der Waals surface area contributed by atoms with Crippen LogP contribution >= 0.6 is 0 Å². The standard InChI is InChI=1S/C15H28O2/c1-5-9-14(16)17-13-11-8-7-10-12(13)15(3,4)6-2/h12-13H,5-11H2,1-4H3. The molecule has 0 bridgehead atoms. The lowest BCUT2D eigenvalue weighted by Crippen LogP contribution is -2.39. The zero-order chi connectivity index (χ0) is 12.9. The summed E-state index contributed by atoms with van der Waals surface area (Å²) in [6.07, 6.45) is 7.53. The Morgan fingerprint density at radius 2 is 1.88 bits per heavy atom. The van der Waals surface area contributed by atoms with E-state index in [2.05, 4.69) is 20.8 Å². The number of carbonyl (C=O) groups is 1. The third kappa shape index (κ3) is 4.01. The number of rotatable bonds is 5. The molecule has 1 aliphatic rings. The number of hydrogen-bond acceptors (Lipinski definition) is 2. The predicted molar refractivity (Wildman–Crippen MR) is 70.8 cm³/mol. The van der Waals surface area contributed by atoms with Crippen LogP contribution in [0.1, 0.15) is 72.6 Å². The maximum absolute atomic E-state index is 11.6. The molecule has 0 aliphatic heterocycles. The molecule has 1 saturated carbocycles. The van der Waals surface area contributed by atoms with Crippen molar-refractivity contribution in [3.8, 4) is 0 Å². The van der Waals surface area contributed by atoms with Gasteiger partial charge in [-0.25, -0.2) is 0 Å². The maximum atomic E-state index is 11.6. The van der Waals surface area contributed by atoms with Crippen LogP contribution in [0.4, 0.5) is 0 Å². The second-order valence-corrected chi connectivity index (χ2v) is 6.01. The zero-order valence-electron chi connectivity index (χ0n) is 11.9. The quantitative estimate of drug-likeness (QED) is 0.669. The van der Waals surface area contributed by atoms with Crippen LogP contribution < -0.4 is 0 Å². The molecule has 17 heavy (non-hydrogen) atoms. The van der Waals surface area contributed by atoms with E-state index in [1.165, 1.54) is 19.3 Å². The predicted octanol–water partition coefficient (Wildman–Crippen LogP) is 4.32. The molecular formula is C15H28O2. The van der Waals surface area contributed by atoms with E-state index < -0.39 is 0 Å². The molecule has 0 amide bonds. The van der Waals surface area contributed by atoms with E-state index in [-0.39, 0.29) is 17.5 Å². The van der Waals surface area contributed by atoms with Gasteiger partial charge >= 0.3 is 5.97 Å². The van der Waals surface area contributed by atoms with Gasteiger partial charge in [-0.3, -0.25) is 4.79 Å². The minimum Gasteiger partial charge on any atom is -0.462 e. The third-order valence-corrected chi connectivity index (χ3v) is 4.35. The van der Waals surface area contributed by atoms with Gasteiger partial charge in [-0.2, -0.15) is 0 Å². The Morgan fingerprint density at radius 1 is 1.24 bits per heavy atom. The van der Waals surface area contributed by atoms with Gasteiger partial charge in [-0.15, -0.1) is 0 Å². The van der Waals surface area contributed by atoms with Crippen molar-refractivity contribution in [1.82, 2.24) is 0 Å². The topological polar surface area (TPSA) is 26.3 Å². The van der Waals surface area contributed by atoms with Crippen LogP contribution in [0.15, 0.2) is 0 Å². The monoisotopic (exact) mass is 240 g/mol. The lowest BCUT2D eigenvalue weighted by Gasteiger charge is -2.41. The number of ether oxygens (including phenoxy) is 1. The molecular weight excluding hydrogens is 212 g/mol. The van der Waals surface area contributed by atoms with Crippen molar-refractivity contribution in [1.29, 1.82) is 0 Å². The summed E-state index contributed by atoms with van der Waals surface area (Å²) in [7, 11) is 0. The van der Waals surface area contributed by atoms with Crippen LogP contribution in [0.2, 0.25) is 0 Å². The molecule has 0 aromatic heterocycles. The van der Waals surface area contributed by atoms with Gasteiger partial charge in [0.05, 0.1) is 0 Å². The number of carbonyl (C=O) groups excluding carboxylic acids is 1. The van der Waals surface area contributed by atoms with E-state index in [1.807, 2.05) is 6.92 Å². The van der Waals surface area contributed by atoms with Gasteiger partial charge in [-0.1, -0.05) is 40.5 Å². The second kappa shape index (κ2) is 6.42. The largest absolute Gasteiger partial charge is 0.462 e. The highest BCUT2D eigenvalue weighted by molar-refractivity contribution is 5.69. The third-order valence-electron chi connectivity index (χ3n) is 4.35. The normalized spacial score (nSPS) is 25.6. The van der Waals surface area contributed by atoms with Crippen molar-refractivity contribution in [2.75, 3.05) is 0 Å². The van der Waals surface area contributed by atoms with Crippen LogP contribution in [0, 0.1) is 11.3 Å². The minimum atomic E-state index is -0.00342. The van der Waals surface area contributed by atoms with Crippen LogP contribution in [0.25, 0.3) is 0 Å². The fourth-order valence-electron chi connectivity index (χ4n) is 2.83. The van der Waals surface area contributed by atoms with Crippen LogP contribution in [0.3, 0.4) is 0 Å². The highest BCUT2D eigenvalue weighted by Crippen LogP contribution is 2.41. The second-order valence-electron chi connectivity index (χ2n) is 6.01. The fourth-order valence-corrected chi connectivity index (χ4v) is 2.83. The molecule has 2 atom stereocenters. The summed E-state index contributed by atoms with van der Waals surface area (Å²) >= 11 is 0. The molecule has 100 valence electrons. The first-order valence-electron chi connectivity index (χ1n) is 7.20. The molecule has 1 aliphatic carbocycles. The van der Waals surface area contributed by atoms with E-state index >= 15 is 0 Å². The van der Waals surface area contributed by atoms with Gasteiger partial charge in [0.25, 0.3) is 0 Å². The molecule has 1 rings (SSSR count). The van der Waals surface area contributed by atoms with Crippen LogP contribution in [-0.4, -0.2) is 12.1 Å². The summed E-state index contributed by atoms with van der Waals surface area (Å²) in [5, 5.41) is 0. The van der Waals surface area contributed by atoms with E-state index in [1.54, 1.807) is 0 Å². The summed E-state index contributed by atoms with van der Waals surface area (Å²) in [4.78, 5) is 11.6. The Balaban J connectivity index is 2.63.